The molecule has 52 valence electrons. The lowest BCUT2D eigenvalue weighted by Gasteiger charge is -2.10. The van der Waals surface area contributed by atoms with Gasteiger partial charge < -0.3 is 9.47 Å². The third kappa shape index (κ3) is 2.47. The summed E-state index contributed by atoms with van der Waals surface area (Å²) in [6, 6.07) is 0. The van der Waals surface area contributed by atoms with Crippen molar-refractivity contribution in [3.63, 3.8) is 0 Å². The molecule has 1 aliphatic rings. The molecule has 1 heterocycles. The first-order chi connectivity index (χ1) is 4.43. The van der Waals surface area contributed by atoms with Gasteiger partial charge in [-0.05, 0) is 0 Å². The van der Waals surface area contributed by atoms with Crippen LogP contribution < -0.4 is 0 Å². The normalized spacial score (nSPS) is 21.9. The summed E-state index contributed by atoms with van der Waals surface area (Å²) >= 11 is 3.27. The molecule has 0 radical (unpaired) electrons. The second-order valence-corrected chi connectivity index (χ2v) is 2.37. The largest absolute Gasteiger partial charge is 0.348 e. The summed E-state index contributed by atoms with van der Waals surface area (Å²) in [4.78, 5) is 0. The maximum Gasteiger partial charge on any atom is 0.168 e. The van der Waals surface area contributed by atoms with Gasteiger partial charge in [0, 0.05) is 0 Å². The van der Waals surface area contributed by atoms with Crippen LogP contribution in [-0.2, 0) is 9.47 Å². The van der Waals surface area contributed by atoms with Crippen molar-refractivity contribution in [1.82, 2.24) is 0 Å². The molecule has 0 aromatic carbocycles. The molecular formula is C6H9BrO2. The lowest BCUT2D eigenvalue weighted by Crippen LogP contribution is -2.16. The molecule has 2 nitrogen and oxygen atoms in total. The van der Waals surface area contributed by atoms with Gasteiger partial charge >= 0.3 is 0 Å². The molecule has 3 heteroatoms. The zero-order chi connectivity index (χ0) is 6.53. The van der Waals surface area contributed by atoms with Gasteiger partial charge in [-0.3, -0.25) is 0 Å². The predicted molar refractivity (Wildman–Crippen MR) is 38.6 cm³/mol. The highest BCUT2D eigenvalue weighted by Crippen LogP contribution is 2.02. The van der Waals surface area contributed by atoms with Crippen LogP contribution in [0.1, 0.15) is 0 Å². The van der Waals surface area contributed by atoms with Gasteiger partial charge in [0.25, 0.3) is 0 Å². The fourth-order valence-corrected chi connectivity index (χ4v) is 0.973. The topological polar surface area (TPSA) is 18.5 Å². The van der Waals surface area contributed by atoms with Gasteiger partial charge in [0.2, 0.25) is 0 Å². The molecule has 1 rings (SSSR count). The van der Waals surface area contributed by atoms with Crippen LogP contribution in [0, 0.1) is 0 Å². The van der Waals surface area contributed by atoms with Crippen molar-refractivity contribution in [2.75, 3.05) is 18.5 Å². The minimum Gasteiger partial charge on any atom is -0.348 e. The van der Waals surface area contributed by atoms with E-state index in [-0.39, 0.29) is 6.29 Å². The highest BCUT2D eigenvalue weighted by molar-refractivity contribution is 9.09. The van der Waals surface area contributed by atoms with Gasteiger partial charge in [-0.25, -0.2) is 0 Å². The van der Waals surface area contributed by atoms with E-state index in [4.69, 9.17) is 9.47 Å². The molecule has 1 aliphatic heterocycles. The van der Waals surface area contributed by atoms with Crippen LogP contribution in [0.4, 0.5) is 0 Å². The Morgan fingerprint density at radius 2 is 1.89 bits per heavy atom. The predicted octanol–water partition coefficient (Wildman–Crippen LogP) is 1.31. The summed E-state index contributed by atoms with van der Waals surface area (Å²) in [5.74, 6) is 0. The van der Waals surface area contributed by atoms with Crippen molar-refractivity contribution in [2.24, 2.45) is 0 Å². The summed E-state index contributed by atoms with van der Waals surface area (Å²) in [5, 5.41) is 0.745. The maximum absolute atomic E-state index is 5.20. The molecular weight excluding hydrogens is 184 g/mol. The number of hydrogen-bond acceptors (Lipinski definition) is 2. The monoisotopic (exact) mass is 192 g/mol. The number of hydrogen-bond donors (Lipinski definition) is 0. The molecule has 0 aliphatic carbocycles. The molecule has 0 saturated heterocycles. The van der Waals surface area contributed by atoms with Crippen LogP contribution >= 0.6 is 15.9 Å². The Kier molecular flexibility index (Phi) is 3.25. The van der Waals surface area contributed by atoms with E-state index in [2.05, 4.69) is 15.9 Å². The van der Waals surface area contributed by atoms with Gasteiger partial charge in [-0.15, -0.1) is 0 Å². The van der Waals surface area contributed by atoms with Crippen molar-refractivity contribution < 1.29 is 9.47 Å². The number of ether oxygens (including phenoxy) is 2. The minimum atomic E-state index is -0.0694. The quantitative estimate of drug-likeness (QED) is 0.461. The molecule has 0 amide bonds. The first-order valence-electron chi connectivity index (χ1n) is 2.87. The van der Waals surface area contributed by atoms with Crippen LogP contribution in [0.3, 0.4) is 0 Å². The van der Waals surface area contributed by atoms with Crippen LogP contribution in [-0.4, -0.2) is 24.8 Å². The lowest BCUT2D eigenvalue weighted by atomic mass is 10.5. The Labute approximate surface area is 63.0 Å². The number of rotatable bonds is 1. The fourth-order valence-electron chi connectivity index (χ4n) is 0.599. The average Bonchev–Trinajstić information content (AvgIpc) is 2.13. The van der Waals surface area contributed by atoms with E-state index >= 15 is 0 Å². The standard InChI is InChI=1S/C6H9BrO2/c7-5-6-8-3-1-2-4-9-6/h1-2,6H,3-5H2. The van der Waals surface area contributed by atoms with E-state index in [9.17, 15) is 0 Å². The smallest absolute Gasteiger partial charge is 0.168 e. The Balaban J connectivity index is 2.26. The van der Waals surface area contributed by atoms with Gasteiger partial charge in [0.15, 0.2) is 6.29 Å². The van der Waals surface area contributed by atoms with Crippen LogP contribution in [0.15, 0.2) is 12.2 Å². The van der Waals surface area contributed by atoms with E-state index in [1.165, 1.54) is 0 Å². The third-order valence-corrected chi connectivity index (χ3v) is 1.58. The van der Waals surface area contributed by atoms with Crippen molar-refractivity contribution >= 4 is 15.9 Å². The minimum absolute atomic E-state index is 0.0694. The van der Waals surface area contributed by atoms with Crippen LogP contribution in [0.5, 0.6) is 0 Å². The maximum atomic E-state index is 5.20. The van der Waals surface area contributed by atoms with Gasteiger partial charge in [0.1, 0.15) is 0 Å². The molecule has 0 aromatic heterocycles. The Morgan fingerprint density at radius 3 is 2.33 bits per heavy atom. The molecule has 0 fully saturated rings. The molecule has 0 atom stereocenters. The van der Waals surface area contributed by atoms with Crippen molar-refractivity contribution in [1.29, 1.82) is 0 Å². The molecule has 0 spiro atoms. The van der Waals surface area contributed by atoms with E-state index < -0.39 is 0 Å². The second kappa shape index (κ2) is 4.04. The first-order valence-corrected chi connectivity index (χ1v) is 4.00. The van der Waals surface area contributed by atoms with Crippen LogP contribution in [0.25, 0.3) is 0 Å². The molecule has 0 unspecified atom stereocenters. The van der Waals surface area contributed by atoms with Crippen LogP contribution in [0.2, 0.25) is 0 Å². The zero-order valence-electron chi connectivity index (χ0n) is 5.05. The van der Waals surface area contributed by atoms with Gasteiger partial charge in [-0.2, -0.15) is 0 Å². The van der Waals surface area contributed by atoms with Gasteiger partial charge in [-0.1, -0.05) is 28.1 Å². The molecule has 0 N–H and O–H groups in total. The summed E-state index contributed by atoms with van der Waals surface area (Å²) in [6.45, 7) is 1.33. The van der Waals surface area contributed by atoms with E-state index in [1.807, 2.05) is 12.2 Å². The van der Waals surface area contributed by atoms with Gasteiger partial charge in [0.05, 0.1) is 18.5 Å². The molecule has 9 heavy (non-hydrogen) atoms. The Morgan fingerprint density at radius 1 is 1.33 bits per heavy atom. The first kappa shape index (κ1) is 7.25. The lowest BCUT2D eigenvalue weighted by molar-refractivity contribution is -0.104. The molecule has 0 bridgehead atoms. The summed E-state index contributed by atoms with van der Waals surface area (Å²) in [5.41, 5.74) is 0. The fraction of sp³-hybridized carbons (Fsp3) is 0.667. The van der Waals surface area contributed by atoms with Crippen molar-refractivity contribution in [2.45, 2.75) is 6.29 Å². The SMILES string of the molecule is BrCC1OCC=CCO1. The molecule has 0 saturated carbocycles. The molecule has 0 aromatic rings. The van der Waals surface area contributed by atoms with Crippen molar-refractivity contribution in [3.8, 4) is 0 Å². The number of halogens is 1. The summed E-state index contributed by atoms with van der Waals surface area (Å²) in [7, 11) is 0. The second-order valence-electron chi connectivity index (χ2n) is 1.72. The van der Waals surface area contributed by atoms with E-state index in [0.717, 1.165) is 5.33 Å². The number of alkyl halides is 1. The zero-order valence-corrected chi connectivity index (χ0v) is 6.63. The highest BCUT2D eigenvalue weighted by atomic mass is 79.9. The van der Waals surface area contributed by atoms with E-state index in [0.29, 0.717) is 13.2 Å². The Bertz CT molecular complexity index is 93.2. The highest BCUT2D eigenvalue weighted by Gasteiger charge is 2.06. The summed E-state index contributed by atoms with van der Waals surface area (Å²) < 4.78 is 10.4. The Hall–Kier alpha value is 0.140. The van der Waals surface area contributed by atoms with E-state index in [1.54, 1.807) is 0 Å². The average molecular weight is 193 g/mol. The van der Waals surface area contributed by atoms with Crippen molar-refractivity contribution in [3.05, 3.63) is 12.2 Å². The summed E-state index contributed by atoms with van der Waals surface area (Å²) in [6.07, 6.45) is 3.85. The third-order valence-electron chi connectivity index (χ3n) is 1.05.